The predicted octanol–water partition coefficient (Wildman–Crippen LogP) is 13.1. The molecule has 0 saturated carbocycles. The van der Waals surface area contributed by atoms with Gasteiger partial charge in [-0.1, -0.05) is 248 Å². The average molecular weight is 948 g/mol. The normalized spacial score (nSPS) is 14.0. The van der Waals surface area contributed by atoms with E-state index < -0.39 is 14.1 Å². The van der Waals surface area contributed by atoms with Gasteiger partial charge in [-0.2, -0.15) is 0 Å². The molecule has 0 fully saturated rings. The van der Waals surface area contributed by atoms with Crippen LogP contribution in [0.4, 0.5) is 34.1 Å². The largest absolute Gasteiger partial charge is 0.311 e. The average Bonchev–Trinajstić information content (AvgIpc) is 3.64. The smallest absolute Gasteiger partial charge is 0.252 e. The molecule has 0 spiro atoms. The van der Waals surface area contributed by atoms with Crippen molar-refractivity contribution >= 4 is 86.0 Å². The molecule has 2 aliphatic heterocycles. The van der Waals surface area contributed by atoms with Gasteiger partial charge < -0.3 is 9.80 Å². The van der Waals surface area contributed by atoms with Gasteiger partial charge in [0, 0.05) is 34.0 Å². The van der Waals surface area contributed by atoms with E-state index in [1.54, 1.807) is 0 Å². The van der Waals surface area contributed by atoms with Gasteiger partial charge in [0.05, 0.1) is 12.5 Å². The van der Waals surface area contributed by atoms with Crippen molar-refractivity contribution in [1.82, 2.24) is 0 Å². The van der Waals surface area contributed by atoms with Crippen LogP contribution in [0.15, 0.2) is 249 Å². The van der Waals surface area contributed by atoms with Gasteiger partial charge in [0.1, 0.15) is 0 Å². The Bertz CT molecular complexity index is 3790. The Morgan fingerprint density at radius 1 is 0.375 bits per heavy atom. The fourth-order valence-corrected chi connectivity index (χ4v) is 16.2. The summed E-state index contributed by atoms with van der Waals surface area (Å²) in [6.07, 6.45) is 0. The highest BCUT2D eigenvalue weighted by Gasteiger charge is 2.46. The van der Waals surface area contributed by atoms with Crippen LogP contribution < -0.4 is 46.9 Å². The van der Waals surface area contributed by atoms with E-state index in [9.17, 15) is 2.74 Å². The Balaban J connectivity index is 1.22. The van der Waals surface area contributed by atoms with E-state index in [0.717, 1.165) is 56.2 Å². The number of nitrogens with zero attached hydrogens (tertiary/aromatic N) is 2. The minimum atomic E-state index is -3.02. The lowest BCUT2D eigenvalue weighted by atomic mass is 9.33. The van der Waals surface area contributed by atoms with Crippen molar-refractivity contribution in [2.24, 2.45) is 0 Å². The standard InChI is InChI=1S/C68H59BN2Si/c1-67(2,3)51-29-24-30-53(45-51)70-63-46-52(68(4,5)6)39-41-60(63)69-59-37-22-23-38-62(59)71(65-44-50(43-64(70)66(65)69)48-25-12-7-13-26-48)61-42-40-57(47-58(61)49-27-14-8-15-28-49)72(54-31-16-9-17-32-54,55-33-18-10-19-34-55)56-35-20-11-21-36-56/h7-47H,1-6H3/i7D,12D,13D,25D,26D. The van der Waals surface area contributed by atoms with Crippen LogP contribution >= 0.6 is 0 Å². The minimum Gasteiger partial charge on any atom is -0.311 e. The van der Waals surface area contributed by atoms with E-state index in [4.69, 9.17) is 4.11 Å². The molecule has 72 heavy (non-hydrogen) atoms. The van der Waals surface area contributed by atoms with Crippen LogP contribution in [0, 0.1) is 0 Å². The topological polar surface area (TPSA) is 6.48 Å². The molecule has 2 heterocycles. The SMILES string of the molecule is [2H]c1c([2H])c([2H])c(-c2cc3c4c(c2)N(c2ccc([Si](c5ccccc5)(c5ccccc5)c5ccccc5)cc2-c2ccccc2)c2ccccc2B4c2ccc(C(C)(C)C)cc2N3c2cccc(C(C)(C)C)c2)c([2H])c1[2H]. The highest BCUT2D eigenvalue weighted by atomic mass is 28.3. The molecule has 0 N–H and O–H groups in total. The molecule has 2 nitrogen and oxygen atoms in total. The maximum absolute atomic E-state index is 9.50. The summed E-state index contributed by atoms with van der Waals surface area (Å²) < 4.78 is 45.6. The summed E-state index contributed by atoms with van der Waals surface area (Å²) in [5, 5.41) is 5.06. The molecule has 10 aromatic rings. The molecule has 0 amide bonds. The van der Waals surface area contributed by atoms with E-state index in [1.807, 2.05) is 0 Å². The molecule has 2 aliphatic rings. The van der Waals surface area contributed by atoms with Gasteiger partial charge in [-0.3, -0.25) is 0 Å². The van der Waals surface area contributed by atoms with Crippen LogP contribution in [-0.4, -0.2) is 14.8 Å². The molecule has 0 aromatic heterocycles. The van der Waals surface area contributed by atoms with Crippen molar-refractivity contribution in [2.75, 3.05) is 9.80 Å². The van der Waals surface area contributed by atoms with Gasteiger partial charge in [-0.15, -0.1) is 0 Å². The van der Waals surface area contributed by atoms with Gasteiger partial charge in [0.15, 0.2) is 8.07 Å². The second kappa shape index (κ2) is 17.7. The number of benzene rings is 10. The molecule has 348 valence electrons. The molecule has 4 heteroatoms. The van der Waals surface area contributed by atoms with E-state index in [0.29, 0.717) is 5.56 Å². The van der Waals surface area contributed by atoms with Crippen LogP contribution in [0.2, 0.25) is 0 Å². The second-order valence-electron chi connectivity index (χ2n) is 21.4. The number of para-hydroxylation sites is 1. The fourth-order valence-electron chi connectivity index (χ4n) is 11.5. The summed E-state index contributed by atoms with van der Waals surface area (Å²) in [4.78, 5) is 4.77. The molecule has 10 aromatic carbocycles. The molecule has 0 aliphatic carbocycles. The first-order valence-electron chi connectivity index (χ1n) is 27.6. The lowest BCUT2D eigenvalue weighted by molar-refractivity contribution is 0.590. The first-order chi connectivity index (χ1) is 37.1. The molecule has 0 unspecified atom stereocenters. The minimum absolute atomic E-state index is 0.156. The van der Waals surface area contributed by atoms with Crippen molar-refractivity contribution in [3.8, 4) is 22.3 Å². The van der Waals surface area contributed by atoms with Crippen molar-refractivity contribution in [1.29, 1.82) is 0 Å². The zero-order valence-corrected chi connectivity index (χ0v) is 42.8. The number of anilines is 6. The summed E-state index contributed by atoms with van der Waals surface area (Å²) in [6.45, 7) is 13.2. The fraction of sp³-hybridized carbons (Fsp3) is 0.118. The number of fused-ring (bicyclic) bond motifs is 4. The highest BCUT2D eigenvalue weighted by molar-refractivity contribution is 7.20. The van der Waals surface area contributed by atoms with Crippen LogP contribution in [0.25, 0.3) is 22.3 Å². The third-order valence-electron chi connectivity index (χ3n) is 15.0. The van der Waals surface area contributed by atoms with Gasteiger partial charge in [-0.05, 0) is 118 Å². The molecule has 0 saturated heterocycles. The third kappa shape index (κ3) is 7.56. The maximum Gasteiger partial charge on any atom is 0.252 e. The number of rotatable bonds is 8. The van der Waals surface area contributed by atoms with E-state index >= 15 is 0 Å². The molecule has 0 bridgehead atoms. The summed E-state index contributed by atoms with van der Waals surface area (Å²) in [7, 11) is -3.02. The Hall–Kier alpha value is -7.92. The van der Waals surface area contributed by atoms with Crippen LogP contribution in [0.1, 0.15) is 59.5 Å². The summed E-state index contributed by atoms with van der Waals surface area (Å²) in [6, 6.07) is 77.9. The Morgan fingerprint density at radius 2 is 0.917 bits per heavy atom. The van der Waals surface area contributed by atoms with Crippen molar-refractivity contribution in [3.63, 3.8) is 0 Å². The van der Waals surface area contributed by atoms with Crippen molar-refractivity contribution in [3.05, 3.63) is 260 Å². The second-order valence-corrected chi connectivity index (χ2v) is 25.2. The highest BCUT2D eigenvalue weighted by Crippen LogP contribution is 2.48. The number of hydrogen-bond donors (Lipinski definition) is 0. The maximum atomic E-state index is 9.50. The van der Waals surface area contributed by atoms with Crippen LogP contribution in [0.5, 0.6) is 0 Å². The molecule has 0 radical (unpaired) electrons. The van der Waals surface area contributed by atoms with Crippen LogP contribution in [-0.2, 0) is 10.8 Å². The van der Waals surface area contributed by atoms with Crippen LogP contribution in [0.3, 0.4) is 0 Å². The zero-order chi connectivity index (χ0) is 53.5. The predicted molar refractivity (Wildman–Crippen MR) is 312 cm³/mol. The third-order valence-corrected chi connectivity index (χ3v) is 19.8. The molecule has 12 rings (SSSR count). The Morgan fingerprint density at radius 3 is 1.53 bits per heavy atom. The van der Waals surface area contributed by atoms with E-state index in [1.165, 1.54) is 37.3 Å². The van der Waals surface area contributed by atoms with Gasteiger partial charge in [-0.25, -0.2) is 0 Å². The van der Waals surface area contributed by atoms with E-state index in [-0.39, 0.29) is 47.3 Å². The summed E-state index contributed by atoms with van der Waals surface area (Å²) in [5.41, 5.74) is 14.0. The van der Waals surface area contributed by atoms with E-state index in [2.05, 4.69) is 270 Å². The van der Waals surface area contributed by atoms with Crippen molar-refractivity contribution in [2.45, 2.75) is 52.4 Å². The first-order valence-corrected chi connectivity index (χ1v) is 27.1. The zero-order valence-electron chi connectivity index (χ0n) is 46.8. The Labute approximate surface area is 435 Å². The Kier molecular flexibility index (Phi) is 9.79. The summed E-state index contributed by atoms with van der Waals surface area (Å²) >= 11 is 0. The lowest BCUT2D eigenvalue weighted by Crippen LogP contribution is -2.74. The lowest BCUT2D eigenvalue weighted by Gasteiger charge is -2.45. The monoisotopic (exact) mass is 947 g/mol. The summed E-state index contributed by atoms with van der Waals surface area (Å²) in [5.74, 6) is 0. The first kappa shape index (κ1) is 39.8. The number of hydrogen-bond acceptors (Lipinski definition) is 2. The molecule has 0 atom stereocenters. The van der Waals surface area contributed by atoms with Gasteiger partial charge in [0.25, 0.3) is 6.71 Å². The van der Waals surface area contributed by atoms with Gasteiger partial charge in [0.2, 0.25) is 0 Å². The molecular formula is C68H59BN2Si. The van der Waals surface area contributed by atoms with Gasteiger partial charge >= 0.3 is 0 Å². The molecular weight excluding hydrogens is 884 g/mol. The van der Waals surface area contributed by atoms with Crippen molar-refractivity contribution < 1.29 is 6.85 Å². The quantitative estimate of drug-likeness (QED) is 0.111.